The Morgan fingerprint density at radius 2 is 2.29 bits per heavy atom. The topological polar surface area (TPSA) is 104 Å². The van der Waals surface area contributed by atoms with E-state index in [2.05, 4.69) is 10.2 Å². The van der Waals surface area contributed by atoms with Crippen molar-refractivity contribution in [2.24, 2.45) is 0 Å². The van der Waals surface area contributed by atoms with Crippen LogP contribution in [0.1, 0.15) is 23.8 Å². The second kappa shape index (κ2) is 5.81. The van der Waals surface area contributed by atoms with Gasteiger partial charge >= 0.3 is 0 Å². The molecule has 1 fully saturated rings. The zero-order chi connectivity index (χ0) is 19.6. The first-order chi connectivity index (χ1) is 13.6. The van der Waals surface area contributed by atoms with Gasteiger partial charge < -0.3 is 14.4 Å². The number of hydrogen-bond donors (Lipinski definition) is 2. The third-order valence-corrected chi connectivity index (χ3v) is 6.09. The van der Waals surface area contributed by atoms with Gasteiger partial charge in [-0.05, 0) is 18.9 Å². The predicted molar refractivity (Wildman–Crippen MR) is 102 cm³/mol. The molecular weight excluding hydrogens is 383 g/mol. The van der Waals surface area contributed by atoms with Crippen LogP contribution in [0, 0.1) is 17.1 Å². The molecule has 1 aliphatic rings. The van der Waals surface area contributed by atoms with E-state index in [1.165, 1.54) is 19.4 Å². The van der Waals surface area contributed by atoms with E-state index < -0.39 is 11.2 Å². The van der Waals surface area contributed by atoms with Crippen LogP contribution >= 0.6 is 11.3 Å². The maximum absolute atomic E-state index is 15.0. The van der Waals surface area contributed by atoms with Crippen molar-refractivity contribution in [3.8, 4) is 28.7 Å². The average molecular weight is 396 g/mol. The Morgan fingerprint density at radius 3 is 2.89 bits per heavy atom. The quantitative estimate of drug-likeness (QED) is 0.550. The molecule has 0 bridgehead atoms. The lowest BCUT2D eigenvalue weighted by Gasteiger charge is -2.18. The molecule has 2 N–H and O–H groups in total. The van der Waals surface area contributed by atoms with E-state index >= 15 is 4.39 Å². The second-order valence-corrected chi connectivity index (χ2v) is 7.65. The Kier molecular flexibility index (Phi) is 3.48. The van der Waals surface area contributed by atoms with Gasteiger partial charge in [0.2, 0.25) is 5.43 Å². The van der Waals surface area contributed by atoms with Crippen LogP contribution in [0.2, 0.25) is 0 Å². The fourth-order valence-electron chi connectivity index (χ4n) is 3.66. The van der Waals surface area contributed by atoms with Crippen molar-refractivity contribution in [2.45, 2.75) is 18.9 Å². The fraction of sp³-hybridized carbons (Fsp3) is 0.211. The maximum atomic E-state index is 15.0. The SMILES string of the molecule is COc1c(-c2cn[nH]c2)c(F)cc2c(=O)c3c(O)c(C#N)sc3n(C3CC3)c12. The highest BCUT2D eigenvalue weighted by Crippen LogP contribution is 2.48. The third kappa shape index (κ3) is 2.12. The van der Waals surface area contributed by atoms with Crippen LogP contribution in [0.15, 0.2) is 23.3 Å². The first kappa shape index (κ1) is 16.8. The summed E-state index contributed by atoms with van der Waals surface area (Å²) in [5.74, 6) is -0.740. The number of benzene rings is 1. The van der Waals surface area contributed by atoms with Crippen LogP contribution in [0.3, 0.4) is 0 Å². The Balaban J connectivity index is 2.05. The van der Waals surface area contributed by atoms with Crippen molar-refractivity contribution in [3.63, 3.8) is 0 Å². The number of aromatic hydroxyl groups is 1. The van der Waals surface area contributed by atoms with E-state index in [1.807, 2.05) is 10.6 Å². The number of aromatic amines is 1. The van der Waals surface area contributed by atoms with E-state index in [1.54, 1.807) is 6.20 Å². The molecular formula is C19H13FN4O3S. The number of halogens is 1. The number of nitrogens with one attached hydrogen (secondary N) is 1. The minimum atomic E-state index is -0.625. The van der Waals surface area contributed by atoms with E-state index in [-0.39, 0.29) is 38.8 Å². The van der Waals surface area contributed by atoms with Gasteiger partial charge in [0.05, 0.1) is 29.8 Å². The Morgan fingerprint density at radius 1 is 1.50 bits per heavy atom. The van der Waals surface area contributed by atoms with Gasteiger partial charge in [-0.3, -0.25) is 9.89 Å². The number of thiophene rings is 1. The molecule has 4 aromatic rings. The molecule has 9 heteroatoms. The van der Waals surface area contributed by atoms with E-state index in [9.17, 15) is 15.2 Å². The van der Waals surface area contributed by atoms with Crippen molar-refractivity contribution < 1.29 is 14.2 Å². The summed E-state index contributed by atoms with van der Waals surface area (Å²) in [6.07, 6.45) is 4.80. The summed E-state index contributed by atoms with van der Waals surface area (Å²) in [6, 6.07) is 3.19. The first-order valence-electron chi connectivity index (χ1n) is 8.56. The van der Waals surface area contributed by atoms with Crippen LogP contribution in [-0.2, 0) is 0 Å². The minimum Gasteiger partial charge on any atom is -0.505 e. The lowest BCUT2D eigenvalue weighted by molar-refractivity contribution is 0.416. The third-order valence-electron chi connectivity index (χ3n) is 5.01. The van der Waals surface area contributed by atoms with Crippen molar-refractivity contribution in [1.29, 1.82) is 5.26 Å². The molecule has 1 aliphatic carbocycles. The fourth-order valence-corrected chi connectivity index (χ4v) is 4.73. The number of aromatic nitrogens is 3. The molecule has 0 aliphatic heterocycles. The highest BCUT2D eigenvalue weighted by atomic mass is 32.1. The van der Waals surface area contributed by atoms with Gasteiger partial charge in [0.25, 0.3) is 0 Å². The number of fused-ring (bicyclic) bond motifs is 2. The molecule has 3 aromatic heterocycles. The highest BCUT2D eigenvalue weighted by Gasteiger charge is 2.32. The van der Waals surface area contributed by atoms with E-state index in [0.29, 0.717) is 15.9 Å². The van der Waals surface area contributed by atoms with Gasteiger partial charge in [0, 0.05) is 17.8 Å². The molecule has 0 radical (unpaired) electrons. The van der Waals surface area contributed by atoms with Gasteiger partial charge in [-0.25, -0.2) is 4.39 Å². The van der Waals surface area contributed by atoms with Gasteiger partial charge in [-0.2, -0.15) is 10.4 Å². The largest absolute Gasteiger partial charge is 0.505 e. The number of hydrogen-bond acceptors (Lipinski definition) is 6. The van der Waals surface area contributed by atoms with Crippen LogP contribution in [0.4, 0.5) is 4.39 Å². The molecule has 140 valence electrons. The van der Waals surface area contributed by atoms with Crippen molar-refractivity contribution in [2.75, 3.05) is 7.11 Å². The smallest absolute Gasteiger partial charge is 0.202 e. The zero-order valence-corrected chi connectivity index (χ0v) is 15.4. The molecule has 1 saturated carbocycles. The molecule has 0 amide bonds. The van der Waals surface area contributed by atoms with E-state index in [0.717, 1.165) is 24.2 Å². The molecule has 1 aromatic carbocycles. The van der Waals surface area contributed by atoms with Crippen molar-refractivity contribution in [3.05, 3.63) is 39.4 Å². The summed E-state index contributed by atoms with van der Waals surface area (Å²) >= 11 is 1.06. The molecule has 0 spiro atoms. The molecule has 5 rings (SSSR count). The number of nitriles is 1. The maximum Gasteiger partial charge on any atom is 0.202 e. The molecule has 3 heterocycles. The van der Waals surface area contributed by atoms with Gasteiger partial charge in [0.15, 0.2) is 11.5 Å². The monoisotopic (exact) mass is 396 g/mol. The standard InChI is InChI=1S/C19H13FN4O3S/c1-27-18-13(8-6-22-23-7-8)11(20)4-10-15(18)24(9-2-3-9)19-14(16(10)25)17(26)12(5-21)28-19/h4,6-7,9,26H,2-3H2,1H3,(H,22,23). The summed E-state index contributed by atoms with van der Waals surface area (Å²) in [7, 11) is 1.43. The van der Waals surface area contributed by atoms with Crippen molar-refractivity contribution >= 4 is 32.5 Å². The summed E-state index contributed by atoms with van der Waals surface area (Å²) in [4.78, 5) is 13.7. The van der Waals surface area contributed by atoms with Gasteiger partial charge in [0.1, 0.15) is 27.0 Å². The highest BCUT2D eigenvalue weighted by molar-refractivity contribution is 7.19. The molecule has 0 saturated heterocycles. The number of ether oxygens (including phenoxy) is 1. The van der Waals surface area contributed by atoms with Crippen LogP contribution in [-0.4, -0.2) is 27.0 Å². The van der Waals surface area contributed by atoms with Crippen LogP contribution < -0.4 is 10.2 Å². The van der Waals surface area contributed by atoms with Crippen molar-refractivity contribution in [1.82, 2.24) is 14.8 Å². The summed E-state index contributed by atoms with van der Waals surface area (Å²) in [5.41, 5.74) is 0.648. The zero-order valence-electron chi connectivity index (χ0n) is 14.6. The van der Waals surface area contributed by atoms with Gasteiger partial charge in [-0.1, -0.05) is 0 Å². The van der Waals surface area contributed by atoms with E-state index in [4.69, 9.17) is 4.74 Å². The summed E-state index contributed by atoms with van der Waals surface area (Å²) in [5, 5.41) is 26.4. The van der Waals surface area contributed by atoms with Crippen LogP contribution in [0.25, 0.3) is 32.2 Å². The second-order valence-electron chi connectivity index (χ2n) is 6.65. The average Bonchev–Trinajstić information content (AvgIpc) is 3.26. The number of rotatable bonds is 3. The van der Waals surface area contributed by atoms with Crippen LogP contribution in [0.5, 0.6) is 11.5 Å². The predicted octanol–water partition coefficient (Wildman–Crippen LogP) is 3.67. The molecule has 7 nitrogen and oxygen atoms in total. The first-order valence-corrected chi connectivity index (χ1v) is 9.37. The molecule has 0 atom stereocenters. The number of pyridine rings is 1. The Hall–Kier alpha value is -3.38. The number of H-pyrrole nitrogens is 1. The minimum absolute atomic E-state index is 0.0541. The molecule has 0 unspecified atom stereocenters. The summed E-state index contributed by atoms with van der Waals surface area (Å²) in [6.45, 7) is 0. The molecule has 28 heavy (non-hydrogen) atoms. The lowest BCUT2D eigenvalue weighted by atomic mass is 10.0. The Bertz CT molecular complexity index is 1360. The number of nitrogens with zero attached hydrogens (tertiary/aromatic N) is 3. The summed E-state index contributed by atoms with van der Waals surface area (Å²) < 4.78 is 22.5. The number of methoxy groups -OCH3 is 1. The van der Waals surface area contributed by atoms with Gasteiger partial charge in [-0.15, -0.1) is 11.3 Å². The lowest BCUT2D eigenvalue weighted by Crippen LogP contribution is -2.11. The Labute approximate surface area is 161 Å². The normalized spacial score (nSPS) is 13.9.